The summed E-state index contributed by atoms with van der Waals surface area (Å²) in [6, 6.07) is 3.86. The highest BCUT2D eigenvalue weighted by Crippen LogP contribution is 2.47. The summed E-state index contributed by atoms with van der Waals surface area (Å²) in [5, 5.41) is -0.448. The second kappa shape index (κ2) is 8.22. The van der Waals surface area contributed by atoms with E-state index in [1.807, 2.05) is 26.0 Å². The van der Waals surface area contributed by atoms with Crippen LogP contribution in [0.2, 0.25) is 0 Å². The van der Waals surface area contributed by atoms with Crippen LogP contribution in [0.25, 0.3) is 0 Å². The van der Waals surface area contributed by atoms with Crippen molar-refractivity contribution in [1.82, 2.24) is 4.31 Å². The number of sulfonamides is 1. The maximum atomic E-state index is 13.1. The van der Waals surface area contributed by atoms with Gasteiger partial charge in [-0.15, -0.1) is 17.5 Å². The average molecular weight is 436 g/mol. The summed E-state index contributed by atoms with van der Waals surface area (Å²) in [5.74, 6) is 5.05. The molecule has 1 aromatic carbocycles. The fourth-order valence-electron chi connectivity index (χ4n) is 4.82. The first-order valence-electron chi connectivity index (χ1n) is 9.75. The number of aryl methyl sites for hydroxylation is 2. The zero-order valence-corrected chi connectivity index (χ0v) is 18.6. The Balaban J connectivity index is 1.83. The van der Waals surface area contributed by atoms with E-state index in [4.69, 9.17) is 11.6 Å². The van der Waals surface area contributed by atoms with Crippen LogP contribution in [-0.2, 0) is 19.6 Å². The molecule has 2 aliphatic rings. The lowest BCUT2D eigenvalue weighted by Gasteiger charge is -2.44. The topological polar surface area (TPSA) is 71.5 Å². The summed E-state index contributed by atoms with van der Waals surface area (Å²) in [5.41, 5.74) is 3.07. The van der Waals surface area contributed by atoms with E-state index in [0.717, 1.165) is 22.3 Å². The second-order valence-electron chi connectivity index (χ2n) is 8.24. The quantitative estimate of drug-likeness (QED) is 0.415. The third kappa shape index (κ3) is 4.28. The van der Waals surface area contributed by atoms with Crippen LogP contribution in [0, 0.1) is 31.1 Å². The highest BCUT2D eigenvalue weighted by Gasteiger charge is 2.48. The number of hydrogen-bond acceptors (Lipinski definition) is 4. The second-order valence-corrected chi connectivity index (χ2v) is 10.8. The van der Waals surface area contributed by atoms with Gasteiger partial charge in [-0.3, -0.25) is 9.59 Å². The number of rotatable bonds is 3. The number of halogens is 1. The number of ketones is 2. The van der Waals surface area contributed by atoms with Gasteiger partial charge in [0.05, 0.1) is 0 Å². The molecule has 29 heavy (non-hydrogen) atoms. The van der Waals surface area contributed by atoms with Crippen molar-refractivity contribution in [2.45, 2.75) is 52.4 Å². The molecule has 7 heteroatoms. The summed E-state index contributed by atoms with van der Waals surface area (Å²) in [4.78, 5) is 26.3. The third-order valence-electron chi connectivity index (χ3n) is 6.21. The van der Waals surface area contributed by atoms with Crippen LogP contribution in [0.15, 0.2) is 12.1 Å². The smallest absolute Gasteiger partial charge is 0.228 e. The van der Waals surface area contributed by atoms with Gasteiger partial charge in [0.2, 0.25) is 10.0 Å². The van der Waals surface area contributed by atoms with Gasteiger partial charge in [-0.2, -0.15) is 0 Å². The van der Waals surface area contributed by atoms with Crippen molar-refractivity contribution in [2.24, 2.45) is 5.41 Å². The molecule has 1 heterocycles. The molecule has 1 spiro atoms. The Bertz CT molecular complexity index is 968. The lowest BCUT2D eigenvalue weighted by Crippen LogP contribution is -2.48. The van der Waals surface area contributed by atoms with E-state index in [1.54, 1.807) is 6.92 Å². The van der Waals surface area contributed by atoms with Crippen molar-refractivity contribution in [3.8, 4) is 11.8 Å². The van der Waals surface area contributed by atoms with E-state index in [2.05, 4.69) is 11.8 Å². The predicted octanol–water partition coefficient (Wildman–Crippen LogP) is 3.30. The minimum atomic E-state index is -3.46. The lowest BCUT2D eigenvalue weighted by atomic mass is 9.63. The summed E-state index contributed by atoms with van der Waals surface area (Å²) in [6.45, 7) is 6.23. The minimum Gasteiger partial charge on any atom is -0.299 e. The maximum Gasteiger partial charge on any atom is 0.228 e. The molecule has 0 amide bonds. The molecule has 1 aliphatic carbocycles. The predicted molar refractivity (Wildman–Crippen MR) is 113 cm³/mol. The molecule has 0 aromatic heterocycles. The molecular weight excluding hydrogens is 410 g/mol. The Morgan fingerprint density at radius 1 is 1.10 bits per heavy atom. The molecule has 1 aromatic rings. The van der Waals surface area contributed by atoms with Gasteiger partial charge in [0.25, 0.3) is 0 Å². The molecular formula is C22H26ClNO4S. The monoisotopic (exact) mass is 435 g/mol. The molecule has 156 valence electrons. The maximum absolute atomic E-state index is 13.1. The van der Waals surface area contributed by atoms with Crippen molar-refractivity contribution in [2.75, 3.05) is 18.3 Å². The SMILES string of the molecule is CC#Cc1cc(C)c(C2C(=O)CC3(CCN(S(=O)(=O)CCl)CC3)CC2=O)c(C)c1. The number of carbonyl (C=O) groups excluding carboxylic acids is 2. The Labute approximate surface area is 177 Å². The van der Waals surface area contributed by atoms with E-state index in [-0.39, 0.29) is 11.6 Å². The third-order valence-corrected chi connectivity index (χ3v) is 8.46. The van der Waals surface area contributed by atoms with E-state index >= 15 is 0 Å². The number of piperidine rings is 1. The van der Waals surface area contributed by atoms with Gasteiger partial charge < -0.3 is 0 Å². The van der Waals surface area contributed by atoms with Crippen molar-refractivity contribution in [1.29, 1.82) is 0 Å². The first-order chi connectivity index (χ1) is 13.6. The van der Waals surface area contributed by atoms with Crippen LogP contribution in [0.4, 0.5) is 0 Å². The van der Waals surface area contributed by atoms with Crippen LogP contribution in [0.5, 0.6) is 0 Å². The summed E-state index contributed by atoms with van der Waals surface area (Å²) in [7, 11) is -3.46. The number of carbonyl (C=O) groups is 2. The lowest BCUT2D eigenvalue weighted by molar-refractivity contribution is -0.138. The number of nitrogens with zero attached hydrogens (tertiary/aromatic N) is 1. The van der Waals surface area contributed by atoms with E-state index in [1.165, 1.54) is 4.31 Å². The Hall–Kier alpha value is -1.68. The first kappa shape index (κ1) is 22.0. The van der Waals surface area contributed by atoms with Gasteiger partial charge in [0.1, 0.15) is 22.7 Å². The van der Waals surface area contributed by atoms with Gasteiger partial charge >= 0.3 is 0 Å². The Kier molecular flexibility index (Phi) is 6.24. The van der Waals surface area contributed by atoms with Crippen molar-refractivity contribution in [3.63, 3.8) is 0 Å². The molecule has 5 nitrogen and oxygen atoms in total. The fourth-order valence-corrected chi connectivity index (χ4v) is 6.11. The number of alkyl halides is 1. The molecule has 0 bridgehead atoms. The normalized spacial score (nSPS) is 20.6. The summed E-state index contributed by atoms with van der Waals surface area (Å²) < 4.78 is 25.4. The number of hydrogen-bond donors (Lipinski definition) is 0. The standard InChI is InChI=1S/C22H26ClNO4S/c1-4-5-17-10-15(2)20(16(3)11-17)21-18(25)12-22(13-19(21)26)6-8-24(9-7-22)29(27,28)14-23/h10-11,21H,6-9,12-14H2,1-3H3. The molecule has 1 saturated heterocycles. The largest absolute Gasteiger partial charge is 0.299 e. The zero-order valence-electron chi connectivity index (χ0n) is 17.0. The number of Topliss-reactive ketones (excluding diaryl/α,β-unsaturated/α-hetero) is 2. The molecule has 1 aliphatic heterocycles. The zero-order chi connectivity index (χ0) is 21.4. The van der Waals surface area contributed by atoms with Crippen molar-refractivity contribution in [3.05, 3.63) is 34.4 Å². The highest BCUT2D eigenvalue weighted by molar-refractivity contribution is 7.90. The van der Waals surface area contributed by atoms with E-state index in [0.29, 0.717) is 38.8 Å². The van der Waals surface area contributed by atoms with Crippen molar-refractivity contribution >= 4 is 33.2 Å². The highest BCUT2D eigenvalue weighted by atomic mass is 35.5. The van der Waals surface area contributed by atoms with Crippen LogP contribution in [-0.4, -0.2) is 42.6 Å². The van der Waals surface area contributed by atoms with Crippen LogP contribution in [0.1, 0.15) is 60.8 Å². The van der Waals surface area contributed by atoms with Gasteiger partial charge in [0.15, 0.2) is 0 Å². The first-order valence-corrected chi connectivity index (χ1v) is 11.9. The minimum absolute atomic E-state index is 0.0598. The summed E-state index contributed by atoms with van der Waals surface area (Å²) in [6.07, 6.45) is 1.65. The van der Waals surface area contributed by atoms with Gasteiger partial charge in [-0.05, 0) is 67.9 Å². The molecule has 0 radical (unpaired) electrons. The Morgan fingerprint density at radius 2 is 1.62 bits per heavy atom. The van der Waals surface area contributed by atoms with E-state index in [9.17, 15) is 18.0 Å². The Morgan fingerprint density at radius 3 is 2.07 bits per heavy atom. The molecule has 0 unspecified atom stereocenters. The molecule has 3 rings (SSSR count). The van der Waals surface area contributed by atoms with Crippen molar-refractivity contribution < 1.29 is 18.0 Å². The molecule has 0 N–H and O–H groups in total. The van der Waals surface area contributed by atoms with Gasteiger partial charge in [0, 0.05) is 31.5 Å². The fraction of sp³-hybridized carbons (Fsp3) is 0.545. The summed E-state index contributed by atoms with van der Waals surface area (Å²) >= 11 is 5.55. The average Bonchev–Trinajstić information content (AvgIpc) is 2.64. The van der Waals surface area contributed by atoms with E-state index < -0.39 is 26.6 Å². The van der Waals surface area contributed by atoms with Crippen LogP contribution in [0.3, 0.4) is 0 Å². The van der Waals surface area contributed by atoms with Crippen LogP contribution >= 0.6 is 11.6 Å². The molecule has 1 saturated carbocycles. The molecule has 0 atom stereocenters. The molecule has 2 fully saturated rings. The number of benzene rings is 1. The van der Waals surface area contributed by atoms with Crippen LogP contribution < -0.4 is 0 Å². The van der Waals surface area contributed by atoms with Gasteiger partial charge in [-0.1, -0.05) is 5.92 Å². The van der Waals surface area contributed by atoms with Gasteiger partial charge in [-0.25, -0.2) is 12.7 Å².